The summed E-state index contributed by atoms with van der Waals surface area (Å²) in [5, 5.41) is 0. The van der Waals surface area contributed by atoms with E-state index in [2.05, 4.69) is 74.9 Å². The molecular formula is C28H38N4O2. The molecule has 2 N–H and O–H groups in total. The molecule has 0 saturated heterocycles. The molecule has 3 aromatic rings. The van der Waals surface area contributed by atoms with Crippen LogP contribution in [0, 0.1) is 12.3 Å². The molecule has 6 nitrogen and oxygen atoms in total. The van der Waals surface area contributed by atoms with E-state index in [1.54, 1.807) is 7.11 Å². The zero-order valence-electron chi connectivity index (χ0n) is 21.1. The Morgan fingerprint density at radius 1 is 1.15 bits per heavy atom. The van der Waals surface area contributed by atoms with Gasteiger partial charge in [0.15, 0.2) is 0 Å². The molecule has 0 aliphatic heterocycles. The minimum absolute atomic E-state index is 0.0290. The Kier molecular flexibility index (Phi) is 8.64. The van der Waals surface area contributed by atoms with Crippen molar-refractivity contribution in [2.45, 2.75) is 46.7 Å². The molecule has 0 fully saturated rings. The van der Waals surface area contributed by atoms with E-state index < -0.39 is 0 Å². The van der Waals surface area contributed by atoms with Crippen LogP contribution in [-0.4, -0.2) is 47.2 Å². The van der Waals surface area contributed by atoms with Crippen molar-refractivity contribution in [2.24, 2.45) is 11.1 Å². The number of rotatable bonds is 10. The van der Waals surface area contributed by atoms with Gasteiger partial charge in [-0.15, -0.1) is 0 Å². The summed E-state index contributed by atoms with van der Waals surface area (Å²) in [7, 11) is 1.55. The van der Waals surface area contributed by atoms with Gasteiger partial charge in [-0.25, -0.2) is 4.98 Å². The number of imidazole rings is 1. The smallest absolute Gasteiger partial charge is 0.249 e. The molecule has 0 spiro atoms. The van der Waals surface area contributed by atoms with E-state index in [0.717, 1.165) is 17.1 Å². The van der Waals surface area contributed by atoms with E-state index in [1.165, 1.54) is 11.1 Å². The normalized spacial score (nSPS) is 12.5. The Morgan fingerprint density at radius 2 is 1.88 bits per heavy atom. The van der Waals surface area contributed by atoms with Gasteiger partial charge < -0.3 is 19.9 Å². The van der Waals surface area contributed by atoms with Crippen LogP contribution in [0.4, 0.5) is 0 Å². The lowest BCUT2D eigenvalue weighted by Gasteiger charge is -2.40. The zero-order valence-corrected chi connectivity index (χ0v) is 21.1. The molecule has 1 aromatic heterocycles. The highest BCUT2D eigenvalue weighted by molar-refractivity contribution is 5.78. The second-order valence-electron chi connectivity index (χ2n) is 9.90. The van der Waals surface area contributed by atoms with Gasteiger partial charge in [-0.3, -0.25) is 4.79 Å². The number of ether oxygens (including phenoxy) is 1. The van der Waals surface area contributed by atoms with Crippen molar-refractivity contribution >= 4 is 5.91 Å². The van der Waals surface area contributed by atoms with Crippen LogP contribution in [0.5, 0.6) is 0 Å². The number of methoxy groups -OCH3 is 1. The first kappa shape index (κ1) is 25.7. The van der Waals surface area contributed by atoms with E-state index in [4.69, 9.17) is 15.5 Å². The van der Waals surface area contributed by atoms with Crippen LogP contribution in [-0.2, 0) is 16.1 Å². The Bertz CT molecular complexity index is 1070. The second-order valence-corrected chi connectivity index (χ2v) is 9.90. The van der Waals surface area contributed by atoms with Crippen LogP contribution in [0.25, 0.3) is 11.3 Å². The second kappa shape index (κ2) is 11.4. The summed E-state index contributed by atoms with van der Waals surface area (Å²) in [4.78, 5) is 20.3. The van der Waals surface area contributed by atoms with E-state index in [-0.39, 0.29) is 24.0 Å². The SMILES string of the molecule is COCC(=O)N(CCCN)C(c1nc(-c2ccccc2)cn1Cc1cccc(C)c1)C(C)(C)C. The molecule has 182 valence electrons. The molecule has 0 radical (unpaired) electrons. The van der Waals surface area contributed by atoms with Crippen molar-refractivity contribution in [3.63, 3.8) is 0 Å². The lowest BCUT2D eigenvalue weighted by atomic mass is 9.84. The Morgan fingerprint density at radius 3 is 2.50 bits per heavy atom. The van der Waals surface area contributed by atoms with E-state index >= 15 is 0 Å². The Hall–Kier alpha value is -2.96. The van der Waals surface area contributed by atoms with Crippen LogP contribution in [0.3, 0.4) is 0 Å². The molecule has 2 aromatic carbocycles. The number of aromatic nitrogens is 2. The summed E-state index contributed by atoms with van der Waals surface area (Å²) < 4.78 is 7.42. The fourth-order valence-electron chi connectivity index (χ4n) is 4.39. The van der Waals surface area contributed by atoms with Gasteiger partial charge in [-0.1, -0.05) is 80.9 Å². The first-order valence-electron chi connectivity index (χ1n) is 11.9. The number of hydrogen-bond acceptors (Lipinski definition) is 4. The van der Waals surface area contributed by atoms with Gasteiger partial charge in [-0.05, 0) is 30.9 Å². The maximum absolute atomic E-state index is 13.2. The highest BCUT2D eigenvalue weighted by Gasteiger charge is 2.38. The maximum atomic E-state index is 13.2. The summed E-state index contributed by atoms with van der Waals surface area (Å²) in [6, 6.07) is 18.4. The maximum Gasteiger partial charge on any atom is 0.249 e. The van der Waals surface area contributed by atoms with Crippen LogP contribution in [0.1, 0.15) is 50.2 Å². The summed E-state index contributed by atoms with van der Waals surface area (Å²) in [6.45, 7) is 10.3. The standard InChI is InChI=1S/C28H38N4O2/c1-21-11-9-12-22(17-21)18-31-19-24(23-13-7-6-8-14-23)30-27(31)26(28(2,3)4)32(16-10-15-29)25(33)20-34-5/h6-9,11-14,17,19,26H,10,15-16,18,20,29H2,1-5H3. The number of benzene rings is 2. The van der Waals surface area contributed by atoms with E-state index in [0.29, 0.717) is 26.1 Å². The highest BCUT2D eigenvalue weighted by Crippen LogP contribution is 2.39. The monoisotopic (exact) mass is 462 g/mol. The number of aryl methyl sites for hydroxylation is 1. The van der Waals surface area contributed by atoms with Crippen molar-refractivity contribution in [2.75, 3.05) is 26.8 Å². The van der Waals surface area contributed by atoms with Crippen LogP contribution in [0.15, 0.2) is 60.8 Å². The Labute approximate surface area is 203 Å². The third kappa shape index (κ3) is 6.33. The summed E-state index contributed by atoms with van der Waals surface area (Å²) in [6.07, 6.45) is 2.82. The topological polar surface area (TPSA) is 73.4 Å². The zero-order chi connectivity index (χ0) is 24.7. The minimum atomic E-state index is -0.262. The summed E-state index contributed by atoms with van der Waals surface area (Å²) in [5.74, 6) is 0.816. The Balaban J connectivity index is 2.15. The van der Waals surface area contributed by atoms with Crippen molar-refractivity contribution in [1.29, 1.82) is 0 Å². The number of carbonyl (C=O) groups is 1. The lowest BCUT2D eigenvalue weighted by molar-refractivity contribution is -0.140. The van der Waals surface area contributed by atoms with Crippen LogP contribution >= 0.6 is 0 Å². The number of carbonyl (C=O) groups excluding carboxylic acids is 1. The first-order valence-corrected chi connectivity index (χ1v) is 11.9. The van der Waals surface area contributed by atoms with Crippen molar-refractivity contribution in [3.05, 3.63) is 77.7 Å². The molecule has 1 amide bonds. The first-order chi connectivity index (χ1) is 16.2. The van der Waals surface area contributed by atoms with Gasteiger partial charge in [0.05, 0.1) is 11.7 Å². The molecular weight excluding hydrogens is 424 g/mol. The molecule has 0 bridgehead atoms. The molecule has 0 saturated carbocycles. The van der Waals surface area contributed by atoms with E-state index in [1.807, 2.05) is 23.1 Å². The molecule has 1 atom stereocenters. The lowest BCUT2D eigenvalue weighted by Crippen LogP contribution is -2.45. The number of hydrogen-bond donors (Lipinski definition) is 1. The predicted octanol–water partition coefficient (Wildman–Crippen LogP) is 4.82. The summed E-state index contributed by atoms with van der Waals surface area (Å²) in [5.41, 5.74) is 9.94. The molecule has 34 heavy (non-hydrogen) atoms. The number of nitrogens with zero attached hydrogens (tertiary/aromatic N) is 3. The fraction of sp³-hybridized carbons (Fsp3) is 0.429. The van der Waals surface area contributed by atoms with Gasteiger partial charge in [0.25, 0.3) is 0 Å². The van der Waals surface area contributed by atoms with Gasteiger partial charge in [0.1, 0.15) is 12.4 Å². The molecule has 1 unspecified atom stereocenters. The number of amides is 1. The molecule has 0 aliphatic rings. The van der Waals surface area contributed by atoms with Crippen molar-refractivity contribution < 1.29 is 9.53 Å². The minimum Gasteiger partial charge on any atom is -0.375 e. The van der Waals surface area contributed by atoms with Crippen LogP contribution in [0.2, 0.25) is 0 Å². The average Bonchev–Trinajstić information content (AvgIpc) is 3.19. The van der Waals surface area contributed by atoms with Crippen molar-refractivity contribution in [3.8, 4) is 11.3 Å². The average molecular weight is 463 g/mol. The van der Waals surface area contributed by atoms with E-state index in [9.17, 15) is 4.79 Å². The van der Waals surface area contributed by atoms with Gasteiger partial charge >= 0.3 is 0 Å². The summed E-state index contributed by atoms with van der Waals surface area (Å²) >= 11 is 0. The number of nitrogens with two attached hydrogens (primary N) is 1. The van der Waals surface area contributed by atoms with Gasteiger partial charge in [-0.2, -0.15) is 0 Å². The fourth-order valence-corrected chi connectivity index (χ4v) is 4.39. The molecule has 1 heterocycles. The quantitative estimate of drug-likeness (QED) is 0.469. The van der Waals surface area contributed by atoms with Gasteiger partial charge in [0.2, 0.25) is 5.91 Å². The van der Waals surface area contributed by atoms with Gasteiger partial charge in [0, 0.05) is 32.0 Å². The predicted molar refractivity (Wildman–Crippen MR) is 137 cm³/mol. The van der Waals surface area contributed by atoms with Crippen LogP contribution < -0.4 is 5.73 Å². The molecule has 3 rings (SSSR count). The molecule has 0 aliphatic carbocycles. The highest BCUT2D eigenvalue weighted by atomic mass is 16.5. The van der Waals surface area contributed by atoms with Crippen molar-refractivity contribution in [1.82, 2.24) is 14.5 Å². The molecule has 6 heteroatoms. The third-order valence-electron chi connectivity index (χ3n) is 5.88. The largest absolute Gasteiger partial charge is 0.375 e. The third-order valence-corrected chi connectivity index (χ3v) is 5.88.